The number of amides is 1. The molecule has 112 valence electrons. The summed E-state index contributed by atoms with van der Waals surface area (Å²) >= 11 is 0. The number of benzene rings is 1. The quantitative estimate of drug-likeness (QED) is 0.803. The number of aliphatic hydroxyl groups is 1. The van der Waals surface area contributed by atoms with E-state index in [1.165, 1.54) is 4.90 Å². The normalized spacial score (nSPS) is 10.8. The van der Waals surface area contributed by atoms with Gasteiger partial charge < -0.3 is 14.4 Å². The smallest absolute Gasteiger partial charge is 0.254 e. The highest BCUT2D eigenvalue weighted by atomic mass is 16.3. The molecule has 0 bridgehead atoms. The van der Waals surface area contributed by atoms with Crippen molar-refractivity contribution in [3.8, 4) is 11.5 Å². The molecule has 0 atom stereocenters. The number of pyridine rings is 1. The number of hydrogen-bond donors (Lipinski definition) is 1. The van der Waals surface area contributed by atoms with Gasteiger partial charge in [-0.3, -0.25) is 4.79 Å². The molecule has 2 aromatic heterocycles. The van der Waals surface area contributed by atoms with Crippen molar-refractivity contribution >= 4 is 16.8 Å². The van der Waals surface area contributed by atoms with Crippen LogP contribution in [0.2, 0.25) is 0 Å². The zero-order chi connectivity index (χ0) is 15.5. The highest BCUT2D eigenvalue weighted by Gasteiger charge is 2.17. The molecule has 1 aromatic carbocycles. The Morgan fingerprint density at radius 1 is 1.27 bits per heavy atom. The Balaban J connectivity index is 2.16. The van der Waals surface area contributed by atoms with Gasteiger partial charge in [0, 0.05) is 19.0 Å². The second-order valence-corrected chi connectivity index (χ2v) is 5.00. The van der Waals surface area contributed by atoms with E-state index < -0.39 is 0 Å². The van der Waals surface area contributed by atoms with Crippen LogP contribution in [-0.4, -0.2) is 41.1 Å². The fourth-order valence-electron chi connectivity index (χ4n) is 2.36. The lowest BCUT2D eigenvalue weighted by atomic mass is 10.1. The molecule has 2 heterocycles. The highest BCUT2D eigenvalue weighted by Crippen LogP contribution is 2.25. The fraction of sp³-hybridized carbons (Fsp3) is 0.176. The predicted molar refractivity (Wildman–Crippen MR) is 83.5 cm³/mol. The van der Waals surface area contributed by atoms with Gasteiger partial charge in [-0.15, -0.1) is 0 Å². The van der Waals surface area contributed by atoms with E-state index in [0.29, 0.717) is 17.0 Å². The Morgan fingerprint density at radius 3 is 2.82 bits per heavy atom. The van der Waals surface area contributed by atoms with Gasteiger partial charge in [0.15, 0.2) is 5.76 Å². The van der Waals surface area contributed by atoms with E-state index in [9.17, 15) is 4.79 Å². The zero-order valence-corrected chi connectivity index (χ0v) is 12.2. The molecule has 3 aromatic rings. The van der Waals surface area contributed by atoms with E-state index in [4.69, 9.17) is 9.52 Å². The van der Waals surface area contributed by atoms with Crippen LogP contribution in [0, 0.1) is 0 Å². The first-order valence-corrected chi connectivity index (χ1v) is 7.00. The van der Waals surface area contributed by atoms with Gasteiger partial charge in [0.1, 0.15) is 5.69 Å². The summed E-state index contributed by atoms with van der Waals surface area (Å²) in [5.74, 6) is 0.463. The van der Waals surface area contributed by atoms with Gasteiger partial charge in [-0.2, -0.15) is 0 Å². The Kier molecular flexibility index (Phi) is 3.89. The summed E-state index contributed by atoms with van der Waals surface area (Å²) in [6, 6.07) is 12.8. The molecule has 0 fully saturated rings. The molecule has 0 unspecified atom stereocenters. The Bertz CT molecular complexity index is 797. The molecule has 0 saturated carbocycles. The van der Waals surface area contributed by atoms with Gasteiger partial charge in [0.25, 0.3) is 5.91 Å². The standard InChI is InChI=1S/C17H16N2O3/c1-19(8-9-20)17(21)13-11-15(16-7-4-10-22-16)18-14-6-3-2-5-12(13)14/h2-7,10-11,20H,8-9H2,1H3. The number of hydrogen-bond acceptors (Lipinski definition) is 4. The van der Waals surface area contributed by atoms with Crippen LogP contribution in [-0.2, 0) is 0 Å². The van der Waals surface area contributed by atoms with Crippen molar-refractivity contribution in [2.75, 3.05) is 20.2 Å². The average molecular weight is 296 g/mol. The number of aromatic nitrogens is 1. The molecular weight excluding hydrogens is 280 g/mol. The van der Waals surface area contributed by atoms with Crippen LogP contribution in [0.25, 0.3) is 22.4 Å². The second-order valence-electron chi connectivity index (χ2n) is 5.00. The summed E-state index contributed by atoms with van der Waals surface area (Å²) in [6.07, 6.45) is 1.57. The van der Waals surface area contributed by atoms with Crippen LogP contribution in [0.15, 0.2) is 53.1 Å². The van der Waals surface area contributed by atoms with E-state index >= 15 is 0 Å². The van der Waals surface area contributed by atoms with Crippen molar-refractivity contribution in [3.63, 3.8) is 0 Å². The molecule has 0 spiro atoms. The summed E-state index contributed by atoms with van der Waals surface area (Å²) in [6.45, 7) is 0.210. The highest BCUT2D eigenvalue weighted by molar-refractivity contribution is 6.07. The SMILES string of the molecule is CN(CCO)C(=O)c1cc(-c2ccco2)nc2ccccc12. The van der Waals surface area contributed by atoms with Crippen LogP contribution in [0.1, 0.15) is 10.4 Å². The largest absolute Gasteiger partial charge is 0.463 e. The first-order chi connectivity index (χ1) is 10.7. The molecule has 5 heteroatoms. The first-order valence-electron chi connectivity index (χ1n) is 7.00. The molecule has 0 saturated heterocycles. The van der Waals surface area contributed by atoms with Crippen LogP contribution in [0.5, 0.6) is 0 Å². The van der Waals surface area contributed by atoms with Gasteiger partial charge in [-0.25, -0.2) is 4.98 Å². The summed E-state index contributed by atoms with van der Waals surface area (Å²) in [7, 11) is 1.67. The number of rotatable bonds is 4. The molecule has 1 N–H and O–H groups in total. The molecule has 1 amide bonds. The Hall–Kier alpha value is -2.66. The maximum Gasteiger partial charge on any atom is 0.254 e. The molecular formula is C17H16N2O3. The van der Waals surface area contributed by atoms with Crippen LogP contribution >= 0.6 is 0 Å². The Morgan fingerprint density at radius 2 is 2.09 bits per heavy atom. The van der Waals surface area contributed by atoms with E-state index in [2.05, 4.69) is 4.98 Å². The summed E-state index contributed by atoms with van der Waals surface area (Å²) < 4.78 is 5.38. The van der Waals surface area contributed by atoms with Crippen molar-refractivity contribution in [2.24, 2.45) is 0 Å². The number of fused-ring (bicyclic) bond motifs is 1. The van der Waals surface area contributed by atoms with Crippen molar-refractivity contribution in [1.29, 1.82) is 0 Å². The maximum absolute atomic E-state index is 12.6. The number of aliphatic hydroxyl groups excluding tert-OH is 1. The van der Waals surface area contributed by atoms with Gasteiger partial charge in [-0.1, -0.05) is 18.2 Å². The maximum atomic E-state index is 12.6. The number of para-hydroxylation sites is 1. The molecule has 22 heavy (non-hydrogen) atoms. The predicted octanol–water partition coefficient (Wildman–Crippen LogP) is 2.56. The Labute approximate surface area is 127 Å². The third-order valence-electron chi connectivity index (χ3n) is 3.50. The molecule has 0 aliphatic heterocycles. The van der Waals surface area contributed by atoms with Crippen LogP contribution in [0.4, 0.5) is 0 Å². The lowest BCUT2D eigenvalue weighted by molar-refractivity contribution is 0.0769. The topological polar surface area (TPSA) is 66.6 Å². The number of likely N-dealkylation sites (N-methyl/N-ethyl adjacent to an activating group) is 1. The number of furan rings is 1. The molecule has 0 aliphatic carbocycles. The van der Waals surface area contributed by atoms with Gasteiger partial charge in [0.05, 0.1) is 24.0 Å². The lowest BCUT2D eigenvalue weighted by Gasteiger charge is -2.17. The lowest BCUT2D eigenvalue weighted by Crippen LogP contribution is -2.29. The van der Waals surface area contributed by atoms with Crippen molar-refractivity contribution in [3.05, 3.63) is 54.3 Å². The van der Waals surface area contributed by atoms with Crippen molar-refractivity contribution in [2.45, 2.75) is 0 Å². The van der Waals surface area contributed by atoms with Gasteiger partial charge in [-0.05, 0) is 24.3 Å². The van der Waals surface area contributed by atoms with Crippen molar-refractivity contribution < 1.29 is 14.3 Å². The van der Waals surface area contributed by atoms with E-state index in [1.807, 2.05) is 30.3 Å². The van der Waals surface area contributed by atoms with Crippen LogP contribution < -0.4 is 0 Å². The summed E-state index contributed by atoms with van der Waals surface area (Å²) in [5, 5.41) is 9.81. The minimum atomic E-state index is -0.152. The fourth-order valence-corrected chi connectivity index (χ4v) is 2.36. The van der Waals surface area contributed by atoms with Gasteiger partial charge >= 0.3 is 0 Å². The minimum absolute atomic E-state index is 0.0731. The van der Waals surface area contributed by atoms with Gasteiger partial charge in [0.2, 0.25) is 0 Å². The third-order valence-corrected chi connectivity index (χ3v) is 3.50. The molecule has 3 rings (SSSR count). The molecule has 0 radical (unpaired) electrons. The molecule has 5 nitrogen and oxygen atoms in total. The average Bonchev–Trinajstić information content (AvgIpc) is 3.08. The number of nitrogens with zero attached hydrogens (tertiary/aromatic N) is 2. The number of carbonyl (C=O) groups excluding carboxylic acids is 1. The third kappa shape index (κ3) is 2.58. The molecule has 0 aliphatic rings. The van der Waals surface area contributed by atoms with Crippen molar-refractivity contribution in [1.82, 2.24) is 9.88 Å². The van der Waals surface area contributed by atoms with E-state index in [0.717, 1.165) is 10.9 Å². The summed E-state index contributed by atoms with van der Waals surface area (Å²) in [4.78, 5) is 18.7. The van der Waals surface area contributed by atoms with E-state index in [-0.39, 0.29) is 19.1 Å². The zero-order valence-electron chi connectivity index (χ0n) is 12.2. The second kappa shape index (κ2) is 5.99. The first kappa shape index (κ1) is 14.3. The van der Waals surface area contributed by atoms with Crippen LogP contribution in [0.3, 0.4) is 0 Å². The monoisotopic (exact) mass is 296 g/mol. The number of carbonyl (C=O) groups is 1. The summed E-state index contributed by atoms with van der Waals surface area (Å²) in [5.41, 5.74) is 1.90. The minimum Gasteiger partial charge on any atom is -0.463 e. The van der Waals surface area contributed by atoms with E-state index in [1.54, 1.807) is 25.4 Å².